The number of aliphatic carboxylic acids is 1. The van der Waals surface area contributed by atoms with Gasteiger partial charge in [-0.1, -0.05) is 12.2 Å². The molecule has 96 valence electrons. The average Bonchev–Trinajstić information content (AvgIpc) is 3.09. The molecule has 1 unspecified atom stereocenters. The van der Waals surface area contributed by atoms with E-state index in [-0.39, 0.29) is 12.0 Å². The number of primary amides is 1. The third kappa shape index (κ3) is 8.21. The molecule has 5 heteroatoms. The molecule has 5 nitrogen and oxygen atoms in total. The number of nitrogens with two attached hydrogens (primary N) is 1. The number of carboxylic acid groups (broad SMARTS) is 1. The number of carbonyl (C=O) groups is 2. The van der Waals surface area contributed by atoms with Crippen LogP contribution in [0.5, 0.6) is 0 Å². The molecule has 0 aromatic heterocycles. The molecule has 1 rings (SSSR count). The summed E-state index contributed by atoms with van der Waals surface area (Å²) in [7, 11) is 0. The van der Waals surface area contributed by atoms with E-state index in [4.69, 9.17) is 15.6 Å². The van der Waals surface area contributed by atoms with Crippen molar-refractivity contribution in [1.29, 1.82) is 0 Å². The number of ether oxygens (including phenoxy) is 1. The van der Waals surface area contributed by atoms with Crippen LogP contribution in [0.15, 0.2) is 23.3 Å². The first-order valence-corrected chi connectivity index (χ1v) is 5.32. The molecule has 0 spiro atoms. The zero-order valence-electron chi connectivity index (χ0n) is 10.4. The highest BCUT2D eigenvalue weighted by atomic mass is 16.6. The van der Waals surface area contributed by atoms with E-state index >= 15 is 0 Å². The molecule has 0 bridgehead atoms. The summed E-state index contributed by atoms with van der Waals surface area (Å²) in [6, 6.07) is 0. The Bertz CT molecular complexity index is 340. The average molecular weight is 241 g/mol. The third-order valence-electron chi connectivity index (χ3n) is 2.25. The molecule has 17 heavy (non-hydrogen) atoms. The van der Waals surface area contributed by atoms with Gasteiger partial charge >= 0.3 is 5.97 Å². The quantitative estimate of drug-likeness (QED) is 0.572. The molecule has 1 saturated heterocycles. The molecule has 3 N–H and O–H groups in total. The molecular formula is C12H19NO4. The SMILES string of the molecule is CC(=CCC1CO1)C(=O)O.CC=C(C)C(N)=O. The summed E-state index contributed by atoms with van der Waals surface area (Å²) in [5, 5.41) is 8.41. The minimum atomic E-state index is -0.847. The number of carbonyl (C=O) groups excluding carboxylic acids is 1. The highest BCUT2D eigenvalue weighted by molar-refractivity contribution is 5.91. The van der Waals surface area contributed by atoms with E-state index in [2.05, 4.69) is 0 Å². The number of allylic oxidation sites excluding steroid dienone is 1. The maximum absolute atomic E-state index is 10.2. The fraction of sp³-hybridized carbons (Fsp3) is 0.500. The second-order valence-corrected chi connectivity index (χ2v) is 3.72. The van der Waals surface area contributed by atoms with Crippen LogP contribution in [0.2, 0.25) is 0 Å². The topological polar surface area (TPSA) is 92.9 Å². The molecule has 0 aromatic rings. The van der Waals surface area contributed by atoms with Gasteiger partial charge in [0.2, 0.25) is 5.91 Å². The van der Waals surface area contributed by atoms with Crippen molar-refractivity contribution in [2.45, 2.75) is 33.3 Å². The molecule has 1 atom stereocenters. The Balaban J connectivity index is 0.000000325. The summed E-state index contributed by atoms with van der Waals surface area (Å²) in [6.07, 6.45) is 4.40. The van der Waals surface area contributed by atoms with Gasteiger partial charge in [0.05, 0.1) is 12.7 Å². The predicted octanol–water partition coefficient (Wildman–Crippen LogP) is 1.24. The van der Waals surface area contributed by atoms with Gasteiger partial charge in [-0.25, -0.2) is 4.79 Å². The zero-order chi connectivity index (χ0) is 13.4. The van der Waals surface area contributed by atoms with E-state index in [1.54, 1.807) is 32.9 Å². The minimum absolute atomic E-state index is 0.286. The summed E-state index contributed by atoms with van der Waals surface area (Å²) < 4.78 is 4.90. The lowest BCUT2D eigenvalue weighted by atomic mass is 10.2. The van der Waals surface area contributed by atoms with Crippen molar-refractivity contribution >= 4 is 11.9 Å². The van der Waals surface area contributed by atoms with Gasteiger partial charge in [-0.05, 0) is 27.2 Å². The Labute approximate surface area is 101 Å². The van der Waals surface area contributed by atoms with Gasteiger partial charge in [0.25, 0.3) is 0 Å². The van der Waals surface area contributed by atoms with Crippen molar-refractivity contribution in [1.82, 2.24) is 0 Å². The van der Waals surface area contributed by atoms with Gasteiger partial charge in [-0.3, -0.25) is 4.79 Å². The Morgan fingerprint density at radius 3 is 2.18 bits per heavy atom. The smallest absolute Gasteiger partial charge is 0.330 e. The van der Waals surface area contributed by atoms with Gasteiger partial charge in [0.1, 0.15) is 0 Å². The second-order valence-electron chi connectivity index (χ2n) is 3.72. The molecule has 0 aliphatic carbocycles. The van der Waals surface area contributed by atoms with Crippen molar-refractivity contribution in [3.05, 3.63) is 23.3 Å². The highest BCUT2D eigenvalue weighted by Crippen LogP contribution is 2.14. The zero-order valence-corrected chi connectivity index (χ0v) is 10.4. The molecule has 1 fully saturated rings. The number of hydrogen-bond acceptors (Lipinski definition) is 3. The van der Waals surface area contributed by atoms with E-state index in [0.29, 0.717) is 11.1 Å². The number of carboxylic acids is 1. The monoisotopic (exact) mass is 241 g/mol. The lowest BCUT2D eigenvalue weighted by Gasteiger charge is -1.89. The van der Waals surface area contributed by atoms with Crippen LogP contribution in [0.3, 0.4) is 0 Å². The fourth-order valence-electron chi connectivity index (χ4n) is 0.742. The van der Waals surface area contributed by atoms with Crippen LogP contribution < -0.4 is 5.73 Å². The Hall–Kier alpha value is -1.62. The van der Waals surface area contributed by atoms with Crippen LogP contribution in [0.25, 0.3) is 0 Å². The molecule has 0 aromatic carbocycles. The second kappa shape index (κ2) is 7.62. The van der Waals surface area contributed by atoms with E-state index in [1.807, 2.05) is 0 Å². The third-order valence-corrected chi connectivity index (χ3v) is 2.25. The molecule has 0 radical (unpaired) electrons. The maximum Gasteiger partial charge on any atom is 0.330 e. The van der Waals surface area contributed by atoms with E-state index in [1.165, 1.54) is 0 Å². The predicted molar refractivity (Wildman–Crippen MR) is 64.4 cm³/mol. The number of epoxide rings is 1. The van der Waals surface area contributed by atoms with E-state index < -0.39 is 5.97 Å². The Morgan fingerprint density at radius 1 is 1.41 bits per heavy atom. The van der Waals surface area contributed by atoms with Crippen LogP contribution in [0, 0.1) is 0 Å². The minimum Gasteiger partial charge on any atom is -0.478 e. The van der Waals surface area contributed by atoms with Crippen LogP contribution in [-0.2, 0) is 14.3 Å². The normalized spacial score (nSPS) is 19.1. The molecular weight excluding hydrogens is 222 g/mol. The Morgan fingerprint density at radius 2 is 1.94 bits per heavy atom. The first kappa shape index (κ1) is 15.4. The van der Waals surface area contributed by atoms with Gasteiger partial charge in [-0.2, -0.15) is 0 Å². The van der Waals surface area contributed by atoms with Gasteiger partial charge < -0.3 is 15.6 Å². The molecule has 1 aliphatic heterocycles. The molecule has 1 amide bonds. The van der Waals surface area contributed by atoms with Crippen molar-refractivity contribution in [2.75, 3.05) is 6.61 Å². The Kier molecular flexibility index (Phi) is 6.89. The van der Waals surface area contributed by atoms with Gasteiger partial charge in [-0.15, -0.1) is 0 Å². The van der Waals surface area contributed by atoms with Gasteiger partial charge in [0, 0.05) is 11.1 Å². The number of hydrogen-bond donors (Lipinski definition) is 2. The van der Waals surface area contributed by atoms with Crippen molar-refractivity contribution in [3.8, 4) is 0 Å². The van der Waals surface area contributed by atoms with Crippen LogP contribution >= 0.6 is 0 Å². The van der Waals surface area contributed by atoms with Crippen LogP contribution in [0.1, 0.15) is 27.2 Å². The van der Waals surface area contributed by atoms with E-state index in [9.17, 15) is 9.59 Å². The summed E-state index contributed by atoms with van der Waals surface area (Å²) >= 11 is 0. The molecule has 1 heterocycles. The fourth-order valence-corrected chi connectivity index (χ4v) is 0.742. The molecule has 1 aliphatic rings. The van der Waals surface area contributed by atoms with Crippen molar-refractivity contribution in [3.63, 3.8) is 0 Å². The first-order valence-electron chi connectivity index (χ1n) is 5.32. The summed E-state index contributed by atoms with van der Waals surface area (Å²) in [6.45, 7) is 5.83. The summed E-state index contributed by atoms with van der Waals surface area (Å²) in [4.78, 5) is 20.3. The van der Waals surface area contributed by atoms with Crippen molar-refractivity contribution < 1.29 is 19.4 Å². The largest absolute Gasteiger partial charge is 0.478 e. The van der Waals surface area contributed by atoms with E-state index in [0.717, 1.165) is 13.0 Å². The van der Waals surface area contributed by atoms with Gasteiger partial charge in [0.15, 0.2) is 0 Å². The summed E-state index contributed by atoms with van der Waals surface area (Å²) in [5.74, 6) is -1.19. The first-order chi connectivity index (χ1) is 7.88. The lowest BCUT2D eigenvalue weighted by Crippen LogP contribution is -2.10. The standard InChI is InChI=1S/C7H10O3.C5H9NO/c1-5(7(8)9)2-3-6-4-10-6;1-3-4(2)5(6)7/h2,6H,3-4H2,1H3,(H,8,9);3H,1-2H3,(H2,6,7). The lowest BCUT2D eigenvalue weighted by molar-refractivity contribution is -0.132. The van der Waals surface area contributed by atoms with Crippen molar-refractivity contribution in [2.24, 2.45) is 5.73 Å². The number of rotatable bonds is 4. The molecule has 0 saturated carbocycles. The maximum atomic E-state index is 10.2. The van der Waals surface area contributed by atoms with Crippen LogP contribution in [-0.4, -0.2) is 29.7 Å². The summed E-state index contributed by atoms with van der Waals surface area (Å²) in [5.41, 5.74) is 5.85. The van der Waals surface area contributed by atoms with Crippen LogP contribution in [0.4, 0.5) is 0 Å². The number of amides is 1. The highest BCUT2D eigenvalue weighted by Gasteiger charge is 2.20.